The van der Waals surface area contributed by atoms with Crippen LogP contribution >= 0.6 is 0 Å². The van der Waals surface area contributed by atoms with Gasteiger partial charge in [-0.2, -0.15) is 0 Å². The first-order valence-electron chi connectivity index (χ1n) is 12.5. The number of likely N-dealkylation sites (N-methyl/N-ethyl adjacent to an activating group) is 2. The summed E-state index contributed by atoms with van der Waals surface area (Å²) in [6, 6.07) is 0. The zero-order chi connectivity index (χ0) is 22.0. The van der Waals surface area contributed by atoms with Gasteiger partial charge in [0, 0.05) is 25.7 Å². The zero-order valence-electron chi connectivity index (χ0n) is 19.9. The molecular weight excluding hydrogens is 372 g/mol. The Morgan fingerprint density at radius 1 is 0.633 bits per heavy atom. The number of ketones is 2. The molecule has 0 amide bonds. The number of unbranched alkanes of at least 4 members (excludes halogenated alkanes) is 15. The molecule has 1 aliphatic rings. The van der Waals surface area contributed by atoms with Gasteiger partial charge in [0.05, 0.1) is 11.4 Å². The van der Waals surface area contributed by atoms with Crippen LogP contribution in [0.2, 0.25) is 0 Å². The van der Waals surface area contributed by atoms with Crippen LogP contribution < -0.4 is 10.6 Å². The first kappa shape index (κ1) is 26.5. The average Bonchev–Trinajstić information content (AvgIpc) is 2.75. The molecule has 0 fully saturated rings. The van der Waals surface area contributed by atoms with Crippen molar-refractivity contribution in [2.24, 2.45) is 0 Å². The summed E-state index contributed by atoms with van der Waals surface area (Å²) < 4.78 is 0. The number of nitrogens with one attached hydrogen (secondary N) is 2. The highest BCUT2D eigenvalue weighted by Gasteiger charge is 2.26. The molecule has 0 aromatic rings. The minimum Gasteiger partial charge on any atom is -0.385 e. The van der Waals surface area contributed by atoms with E-state index in [9.17, 15) is 9.59 Å². The lowest BCUT2D eigenvalue weighted by molar-refractivity contribution is -0.116. The van der Waals surface area contributed by atoms with Crippen molar-refractivity contribution < 1.29 is 9.59 Å². The van der Waals surface area contributed by atoms with E-state index in [2.05, 4.69) is 17.6 Å². The van der Waals surface area contributed by atoms with Crippen LogP contribution in [0.25, 0.3) is 0 Å². The molecule has 30 heavy (non-hydrogen) atoms. The molecule has 0 saturated carbocycles. The van der Waals surface area contributed by atoms with Gasteiger partial charge in [0.2, 0.25) is 11.6 Å². The summed E-state index contributed by atoms with van der Waals surface area (Å²) in [5, 5.41) is 5.76. The molecule has 0 radical (unpaired) electrons. The third-order valence-electron chi connectivity index (χ3n) is 6.14. The van der Waals surface area contributed by atoms with E-state index in [4.69, 9.17) is 0 Å². The Morgan fingerprint density at radius 2 is 1.07 bits per heavy atom. The molecular formula is C26H46N2O2. The Morgan fingerprint density at radius 3 is 1.47 bits per heavy atom. The molecule has 0 saturated heterocycles. The van der Waals surface area contributed by atoms with E-state index in [1.807, 2.05) is 0 Å². The number of rotatable bonds is 19. The first-order valence-corrected chi connectivity index (χ1v) is 12.5. The Labute approximate surface area is 185 Å². The van der Waals surface area contributed by atoms with E-state index in [0.29, 0.717) is 23.4 Å². The molecule has 0 bridgehead atoms. The topological polar surface area (TPSA) is 58.2 Å². The maximum Gasteiger partial charge on any atom is 0.207 e. The lowest BCUT2D eigenvalue weighted by Gasteiger charge is -2.18. The summed E-state index contributed by atoms with van der Waals surface area (Å²) in [6.45, 7) is 2.28. The highest BCUT2D eigenvalue weighted by atomic mass is 16.1. The number of carbonyl (C=O) groups is 2. The largest absolute Gasteiger partial charge is 0.385 e. The van der Waals surface area contributed by atoms with Crippen LogP contribution in [-0.4, -0.2) is 25.7 Å². The van der Waals surface area contributed by atoms with Crippen molar-refractivity contribution in [2.45, 2.75) is 116 Å². The van der Waals surface area contributed by atoms with Crippen LogP contribution in [0.4, 0.5) is 0 Å². The van der Waals surface area contributed by atoms with Crippen LogP contribution in [0.3, 0.4) is 0 Å². The molecule has 0 atom stereocenters. The van der Waals surface area contributed by atoms with Gasteiger partial charge in [-0.3, -0.25) is 9.59 Å². The van der Waals surface area contributed by atoms with Crippen molar-refractivity contribution in [3.8, 4) is 0 Å². The molecule has 0 aliphatic heterocycles. The molecule has 4 nitrogen and oxygen atoms in total. The summed E-state index contributed by atoms with van der Waals surface area (Å²) in [6.07, 6.45) is 23.4. The van der Waals surface area contributed by atoms with E-state index >= 15 is 0 Å². The Hall–Kier alpha value is -1.58. The van der Waals surface area contributed by atoms with Crippen molar-refractivity contribution in [3.63, 3.8) is 0 Å². The van der Waals surface area contributed by atoms with Gasteiger partial charge in [-0.05, 0) is 12.8 Å². The minimum absolute atomic E-state index is 0.0394. The number of Topliss-reactive ketones (excluding diaryl/α,β-unsaturated/α-hetero) is 1. The fraction of sp³-hybridized carbons (Fsp3) is 0.769. The van der Waals surface area contributed by atoms with Crippen molar-refractivity contribution in [1.29, 1.82) is 0 Å². The van der Waals surface area contributed by atoms with Gasteiger partial charge in [-0.25, -0.2) is 0 Å². The predicted molar refractivity (Wildman–Crippen MR) is 127 cm³/mol. The summed E-state index contributed by atoms with van der Waals surface area (Å²) in [7, 11) is 3.40. The lowest BCUT2D eigenvalue weighted by atomic mass is 9.92. The molecule has 1 aliphatic carbocycles. The maximum atomic E-state index is 12.5. The Balaban J connectivity index is 2.01. The number of allylic oxidation sites excluding steroid dienone is 2. The molecule has 0 aromatic heterocycles. The van der Waals surface area contributed by atoms with Crippen LogP contribution in [0.5, 0.6) is 0 Å². The number of carbonyl (C=O) groups excluding carboxylic acids is 2. The molecule has 0 unspecified atom stereocenters. The van der Waals surface area contributed by atoms with Gasteiger partial charge in [-0.1, -0.05) is 103 Å². The minimum atomic E-state index is -0.104. The standard InChI is InChI=1S/C26H46N2O2/c1-4-5-6-7-8-9-10-11-12-13-14-15-16-17-18-19-20-22-25(28-3)24(29)21-23(27-2)26(22)30/h21,27-28H,4-20H2,1-3H3. The van der Waals surface area contributed by atoms with E-state index < -0.39 is 0 Å². The van der Waals surface area contributed by atoms with Crippen LogP contribution in [-0.2, 0) is 9.59 Å². The third kappa shape index (κ3) is 10.4. The second-order valence-corrected chi connectivity index (χ2v) is 8.66. The van der Waals surface area contributed by atoms with Gasteiger partial charge in [-0.15, -0.1) is 0 Å². The summed E-state index contributed by atoms with van der Waals surface area (Å²) in [5.74, 6) is -0.143. The van der Waals surface area contributed by atoms with Crippen molar-refractivity contribution in [1.82, 2.24) is 10.6 Å². The second kappa shape index (κ2) is 17.1. The van der Waals surface area contributed by atoms with Crippen molar-refractivity contribution in [2.75, 3.05) is 14.1 Å². The fourth-order valence-corrected chi connectivity index (χ4v) is 4.24. The summed E-state index contributed by atoms with van der Waals surface area (Å²) in [4.78, 5) is 24.6. The Kier molecular flexibility index (Phi) is 15.1. The maximum absolute atomic E-state index is 12.5. The van der Waals surface area contributed by atoms with Gasteiger partial charge in [0.1, 0.15) is 0 Å². The SMILES string of the molecule is CCCCCCCCCCCCCCCCCCC1=C(NC)C(=O)C=C(NC)C1=O. The lowest BCUT2D eigenvalue weighted by Crippen LogP contribution is -2.30. The normalized spacial score (nSPS) is 14.3. The van der Waals surface area contributed by atoms with Crippen molar-refractivity contribution in [3.05, 3.63) is 23.0 Å². The second-order valence-electron chi connectivity index (χ2n) is 8.66. The molecule has 2 N–H and O–H groups in total. The van der Waals surface area contributed by atoms with E-state index in [-0.39, 0.29) is 11.6 Å². The first-order chi connectivity index (χ1) is 14.7. The summed E-state index contributed by atoms with van der Waals surface area (Å²) in [5.41, 5.74) is 1.52. The molecule has 1 rings (SSSR count). The highest BCUT2D eigenvalue weighted by molar-refractivity contribution is 6.22. The van der Waals surface area contributed by atoms with Gasteiger partial charge >= 0.3 is 0 Å². The van der Waals surface area contributed by atoms with Crippen LogP contribution in [0.1, 0.15) is 116 Å². The fourth-order valence-electron chi connectivity index (χ4n) is 4.24. The zero-order valence-corrected chi connectivity index (χ0v) is 19.9. The number of hydrogen-bond donors (Lipinski definition) is 2. The number of hydrogen-bond acceptors (Lipinski definition) is 4. The molecule has 0 spiro atoms. The third-order valence-corrected chi connectivity index (χ3v) is 6.14. The summed E-state index contributed by atoms with van der Waals surface area (Å²) >= 11 is 0. The van der Waals surface area contributed by atoms with E-state index in [1.165, 1.54) is 96.0 Å². The molecule has 4 heteroatoms. The van der Waals surface area contributed by atoms with E-state index in [0.717, 1.165) is 12.8 Å². The smallest absolute Gasteiger partial charge is 0.207 e. The molecule has 0 aromatic carbocycles. The van der Waals surface area contributed by atoms with Crippen molar-refractivity contribution >= 4 is 11.6 Å². The van der Waals surface area contributed by atoms with Crippen LogP contribution in [0.15, 0.2) is 23.0 Å². The van der Waals surface area contributed by atoms with Gasteiger partial charge in [0.15, 0.2) is 0 Å². The Bertz CT molecular complexity index is 563. The van der Waals surface area contributed by atoms with Gasteiger partial charge < -0.3 is 10.6 Å². The monoisotopic (exact) mass is 418 g/mol. The average molecular weight is 419 g/mol. The molecule has 0 heterocycles. The quantitative estimate of drug-likeness (QED) is 0.189. The van der Waals surface area contributed by atoms with Gasteiger partial charge in [0.25, 0.3) is 0 Å². The van der Waals surface area contributed by atoms with E-state index in [1.54, 1.807) is 14.1 Å². The highest BCUT2D eigenvalue weighted by Crippen LogP contribution is 2.22. The van der Waals surface area contributed by atoms with Crippen LogP contribution in [0, 0.1) is 0 Å². The predicted octanol–water partition coefficient (Wildman–Crippen LogP) is 6.37. The molecule has 172 valence electrons.